The zero-order valence-corrected chi connectivity index (χ0v) is 15.9. The average Bonchev–Trinajstić information content (AvgIpc) is 2.53. The zero-order valence-electron chi connectivity index (χ0n) is 13.6. The lowest BCUT2D eigenvalue weighted by Gasteiger charge is -2.11. The number of nitrogens with zero attached hydrogens (tertiary/aromatic N) is 1. The van der Waals surface area contributed by atoms with Crippen molar-refractivity contribution in [3.05, 3.63) is 35.6 Å². The van der Waals surface area contributed by atoms with Crippen molar-refractivity contribution in [3.63, 3.8) is 0 Å². The fourth-order valence-electron chi connectivity index (χ4n) is 1.81. The monoisotopic (exact) mass is 437 g/mol. The van der Waals surface area contributed by atoms with Crippen LogP contribution in [0, 0.1) is 5.82 Å². The Kier molecular flexibility index (Phi) is 12.3. The smallest absolute Gasteiger partial charge is 0.305 e. The number of hydrogen-bond acceptors (Lipinski definition) is 3. The van der Waals surface area contributed by atoms with Crippen LogP contribution in [0.4, 0.5) is 4.39 Å². The normalized spacial score (nSPS) is 10.7. The molecule has 0 fully saturated rings. The number of benzene rings is 1. The van der Waals surface area contributed by atoms with Crippen LogP contribution in [0.25, 0.3) is 0 Å². The van der Waals surface area contributed by atoms with Gasteiger partial charge in [0.05, 0.1) is 13.7 Å². The highest BCUT2D eigenvalue weighted by molar-refractivity contribution is 14.0. The van der Waals surface area contributed by atoms with Crippen molar-refractivity contribution in [3.8, 4) is 0 Å². The third kappa shape index (κ3) is 10.1. The van der Waals surface area contributed by atoms with Gasteiger partial charge in [-0.15, -0.1) is 24.0 Å². The molecule has 0 bridgehead atoms. The molecule has 0 saturated carbocycles. The second kappa shape index (κ2) is 13.1. The SMILES string of the molecule is CCNC(=NCc1ccc(F)cc1)NCCCCC(=O)OC.I. The molecule has 1 aromatic carbocycles. The van der Waals surface area contributed by atoms with Crippen LogP contribution in [-0.4, -0.2) is 32.1 Å². The standard InChI is InChI=1S/C16H24FN3O2.HI/c1-3-18-16(19-11-5-4-6-15(21)22-2)20-12-13-7-9-14(17)10-8-13;/h7-10H,3-6,11-12H2,1-2H3,(H2,18,19,20);1H. The van der Waals surface area contributed by atoms with Gasteiger partial charge in [0.1, 0.15) is 5.82 Å². The van der Waals surface area contributed by atoms with Crippen LogP contribution >= 0.6 is 24.0 Å². The number of halogens is 2. The van der Waals surface area contributed by atoms with Gasteiger partial charge in [-0.25, -0.2) is 9.38 Å². The molecular weight excluding hydrogens is 412 g/mol. The number of esters is 1. The summed E-state index contributed by atoms with van der Waals surface area (Å²) in [6, 6.07) is 6.30. The largest absolute Gasteiger partial charge is 0.469 e. The van der Waals surface area contributed by atoms with Crippen molar-refractivity contribution in [2.45, 2.75) is 32.7 Å². The lowest BCUT2D eigenvalue weighted by Crippen LogP contribution is -2.37. The van der Waals surface area contributed by atoms with Gasteiger partial charge in [0.25, 0.3) is 0 Å². The van der Waals surface area contributed by atoms with Crippen LogP contribution in [-0.2, 0) is 16.1 Å². The number of carbonyl (C=O) groups is 1. The molecule has 0 saturated heterocycles. The third-order valence-corrected chi connectivity index (χ3v) is 3.01. The van der Waals surface area contributed by atoms with Crippen LogP contribution in [0.2, 0.25) is 0 Å². The molecule has 0 heterocycles. The number of aliphatic imine (C=N–C) groups is 1. The van der Waals surface area contributed by atoms with Gasteiger partial charge in [-0.1, -0.05) is 12.1 Å². The molecular formula is C16H25FIN3O2. The fraction of sp³-hybridized carbons (Fsp3) is 0.500. The van der Waals surface area contributed by atoms with E-state index in [2.05, 4.69) is 20.4 Å². The fourth-order valence-corrected chi connectivity index (χ4v) is 1.81. The first-order chi connectivity index (χ1) is 10.7. The Morgan fingerprint density at radius 2 is 1.91 bits per heavy atom. The minimum atomic E-state index is -0.247. The van der Waals surface area contributed by atoms with Gasteiger partial charge in [0.15, 0.2) is 5.96 Å². The van der Waals surface area contributed by atoms with Crippen molar-refractivity contribution in [2.75, 3.05) is 20.2 Å². The molecule has 7 heteroatoms. The van der Waals surface area contributed by atoms with Gasteiger partial charge in [0.2, 0.25) is 0 Å². The summed E-state index contributed by atoms with van der Waals surface area (Å²) in [6.07, 6.45) is 2.06. The summed E-state index contributed by atoms with van der Waals surface area (Å²) in [7, 11) is 1.39. The van der Waals surface area contributed by atoms with Gasteiger partial charge in [0, 0.05) is 19.5 Å². The number of rotatable bonds is 8. The van der Waals surface area contributed by atoms with Gasteiger partial charge in [-0.2, -0.15) is 0 Å². The highest BCUT2D eigenvalue weighted by atomic mass is 127. The van der Waals surface area contributed by atoms with E-state index >= 15 is 0 Å². The van der Waals surface area contributed by atoms with Gasteiger partial charge >= 0.3 is 5.97 Å². The number of guanidine groups is 1. The summed E-state index contributed by atoms with van der Waals surface area (Å²) in [5.41, 5.74) is 0.948. The molecule has 1 aromatic rings. The Hall–Kier alpha value is -1.38. The minimum absolute atomic E-state index is 0. The molecule has 1 rings (SSSR count). The van der Waals surface area contributed by atoms with E-state index in [-0.39, 0.29) is 35.8 Å². The molecule has 0 spiro atoms. The maximum absolute atomic E-state index is 12.8. The summed E-state index contributed by atoms with van der Waals surface area (Å²) in [5.74, 6) is 0.283. The summed E-state index contributed by atoms with van der Waals surface area (Å²) >= 11 is 0. The molecule has 0 aromatic heterocycles. The number of nitrogens with one attached hydrogen (secondary N) is 2. The van der Waals surface area contributed by atoms with E-state index in [0.29, 0.717) is 18.9 Å². The Morgan fingerprint density at radius 3 is 2.52 bits per heavy atom. The van der Waals surface area contributed by atoms with Crippen LogP contribution < -0.4 is 10.6 Å². The molecule has 0 aliphatic heterocycles. The van der Waals surface area contributed by atoms with E-state index in [1.165, 1.54) is 19.2 Å². The zero-order chi connectivity index (χ0) is 16.2. The number of carbonyl (C=O) groups excluding carboxylic acids is 1. The molecule has 0 aliphatic carbocycles. The summed E-state index contributed by atoms with van der Waals surface area (Å²) in [5, 5.41) is 6.36. The van der Waals surface area contributed by atoms with E-state index in [1.54, 1.807) is 12.1 Å². The lowest BCUT2D eigenvalue weighted by molar-refractivity contribution is -0.140. The second-order valence-corrected chi connectivity index (χ2v) is 4.78. The lowest BCUT2D eigenvalue weighted by atomic mass is 10.2. The van der Waals surface area contributed by atoms with Crippen molar-refractivity contribution in [1.82, 2.24) is 10.6 Å². The third-order valence-electron chi connectivity index (χ3n) is 3.01. The Morgan fingerprint density at radius 1 is 1.22 bits per heavy atom. The maximum atomic E-state index is 12.8. The molecule has 0 unspecified atom stereocenters. The molecule has 130 valence electrons. The molecule has 0 amide bonds. The Labute approximate surface area is 154 Å². The van der Waals surface area contributed by atoms with Crippen LogP contribution in [0.3, 0.4) is 0 Å². The Balaban J connectivity index is 0.00000484. The van der Waals surface area contributed by atoms with Gasteiger partial charge < -0.3 is 15.4 Å². The van der Waals surface area contributed by atoms with E-state index in [4.69, 9.17) is 0 Å². The summed E-state index contributed by atoms with van der Waals surface area (Å²) < 4.78 is 17.4. The number of methoxy groups -OCH3 is 1. The van der Waals surface area contributed by atoms with Gasteiger partial charge in [-0.05, 0) is 37.5 Å². The first-order valence-electron chi connectivity index (χ1n) is 7.49. The number of ether oxygens (including phenoxy) is 1. The summed E-state index contributed by atoms with van der Waals surface area (Å²) in [6.45, 7) is 3.97. The van der Waals surface area contributed by atoms with E-state index in [1.807, 2.05) is 6.92 Å². The highest BCUT2D eigenvalue weighted by Gasteiger charge is 2.01. The molecule has 23 heavy (non-hydrogen) atoms. The predicted octanol–water partition coefficient (Wildman–Crippen LogP) is 2.84. The van der Waals surface area contributed by atoms with E-state index < -0.39 is 0 Å². The van der Waals surface area contributed by atoms with Crippen molar-refractivity contribution >= 4 is 35.9 Å². The number of hydrogen-bond donors (Lipinski definition) is 2. The van der Waals surface area contributed by atoms with Crippen molar-refractivity contribution in [1.29, 1.82) is 0 Å². The highest BCUT2D eigenvalue weighted by Crippen LogP contribution is 2.04. The quantitative estimate of drug-likeness (QED) is 0.216. The Bertz CT molecular complexity index is 481. The second-order valence-electron chi connectivity index (χ2n) is 4.78. The van der Waals surface area contributed by atoms with E-state index in [9.17, 15) is 9.18 Å². The van der Waals surface area contributed by atoms with Gasteiger partial charge in [-0.3, -0.25) is 4.79 Å². The van der Waals surface area contributed by atoms with Crippen LogP contribution in [0.1, 0.15) is 31.7 Å². The average molecular weight is 437 g/mol. The van der Waals surface area contributed by atoms with Crippen LogP contribution in [0.15, 0.2) is 29.3 Å². The maximum Gasteiger partial charge on any atom is 0.305 e. The predicted molar refractivity (Wildman–Crippen MR) is 101 cm³/mol. The first kappa shape index (κ1) is 21.6. The molecule has 2 N–H and O–H groups in total. The molecule has 0 aliphatic rings. The van der Waals surface area contributed by atoms with Crippen molar-refractivity contribution < 1.29 is 13.9 Å². The van der Waals surface area contributed by atoms with Crippen LogP contribution in [0.5, 0.6) is 0 Å². The molecule has 0 radical (unpaired) electrons. The molecule has 0 atom stereocenters. The first-order valence-corrected chi connectivity index (χ1v) is 7.49. The summed E-state index contributed by atoms with van der Waals surface area (Å²) in [4.78, 5) is 15.4. The topological polar surface area (TPSA) is 62.7 Å². The van der Waals surface area contributed by atoms with Crippen molar-refractivity contribution in [2.24, 2.45) is 4.99 Å². The molecule has 5 nitrogen and oxygen atoms in total. The minimum Gasteiger partial charge on any atom is -0.469 e. The van der Waals surface area contributed by atoms with E-state index in [0.717, 1.165) is 31.5 Å². The number of unbranched alkanes of at least 4 members (excludes halogenated alkanes) is 1.